The zero-order chi connectivity index (χ0) is 19.9. The van der Waals surface area contributed by atoms with Crippen LogP contribution in [0.2, 0.25) is 0 Å². The Morgan fingerprint density at radius 3 is 2.26 bits per heavy atom. The predicted molar refractivity (Wildman–Crippen MR) is 103 cm³/mol. The molecule has 27 heavy (non-hydrogen) atoms. The van der Waals surface area contributed by atoms with E-state index in [0.717, 1.165) is 0 Å². The Balaban J connectivity index is 2.41. The summed E-state index contributed by atoms with van der Waals surface area (Å²) in [6.07, 6.45) is 1.88. The molecule has 1 heterocycles. The summed E-state index contributed by atoms with van der Waals surface area (Å²) in [6.45, 7) is 6.00. The van der Waals surface area contributed by atoms with Crippen LogP contribution in [0.1, 0.15) is 37.7 Å². The van der Waals surface area contributed by atoms with Gasteiger partial charge in [-0.1, -0.05) is 6.92 Å². The quantitative estimate of drug-likeness (QED) is 0.637. The first kappa shape index (κ1) is 20.6. The Morgan fingerprint density at radius 2 is 1.70 bits per heavy atom. The Labute approximate surface area is 158 Å². The first-order valence-corrected chi connectivity index (χ1v) is 10.3. The van der Waals surface area contributed by atoms with E-state index in [9.17, 15) is 13.2 Å². The number of carbonyl (C=O) groups excluding carboxylic acids is 1. The number of benzene rings is 1. The molecular weight excluding hydrogens is 372 g/mol. The molecule has 2 aromatic rings. The molecule has 8 nitrogen and oxygen atoms in total. The van der Waals surface area contributed by atoms with Crippen LogP contribution in [0.15, 0.2) is 34.9 Å². The minimum absolute atomic E-state index is 0.0144. The largest absolute Gasteiger partial charge is 0.492 e. The Bertz CT molecular complexity index is 862. The van der Waals surface area contributed by atoms with Crippen LogP contribution in [0.5, 0.6) is 11.5 Å². The van der Waals surface area contributed by atoms with Crippen molar-refractivity contribution >= 4 is 27.3 Å². The summed E-state index contributed by atoms with van der Waals surface area (Å²) in [7, 11) is -3.52. The van der Waals surface area contributed by atoms with E-state index in [1.165, 1.54) is 24.5 Å². The van der Waals surface area contributed by atoms with E-state index in [0.29, 0.717) is 31.1 Å². The SMILES string of the molecule is CCCS(=O)(=O)Nc1cc(OCC)c(NC(=O)c2ccco2)cc1OCC. The number of hydrogen-bond acceptors (Lipinski definition) is 6. The number of hydrogen-bond donors (Lipinski definition) is 2. The van der Waals surface area contributed by atoms with Gasteiger partial charge in [-0.3, -0.25) is 9.52 Å². The van der Waals surface area contributed by atoms with Gasteiger partial charge < -0.3 is 19.2 Å². The van der Waals surface area contributed by atoms with Gasteiger partial charge in [-0.25, -0.2) is 8.42 Å². The van der Waals surface area contributed by atoms with Gasteiger partial charge >= 0.3 is 0 Å². The first-order chi connectivity index (χ1) is 12.9. The van der Waals surface area contributed by atoms with Gasteiger partial charge in [0.1, 0.15) is 11.5 Å². The molecule has 0 fully saturated rings. The van der Waals surface area contributed by atoms with Crippen molar-refractivity contribution in [2.24, 2.45) is 0 Å². The third-order valence-corrected chi connectivity index (χ3v) is 4.89. The molecule has 1 aromatic heterocycles. The molecule has 1 amide bonds. The fraction of sp³-hybridized carbons (Fsp3) is 0.389. The van der Waals surface area contributed by atoms with Crippen LogP contribution in [0.25, 0.3) is 0 Å². The molecule has 0 aliphatic rings. The maximum absolute atomic E-state index is 12.3. The Morgan fingerprint density at radius 1 is 1.07 bits per heavy atom. The van der Waals surface area contributed by atoms with Gasteiger partial charge in [-0.15, -0.1) is 0 Å². The summed E-state index contributed by atoms with van der Waals surface area (Å²) in [5.41, 5.74) is 0.602. The molecule has 0 bridgehead atoms. The molecule has 0 aliphatic carbocycles. The van der Waals surface area contributed by atoms with E-state index in [2.05, 4.69) is 10.0 Å². The lowest BCUT2D eigenvalue weighted by atomic mass is 10.2. The summed E-state index contributed by atoms with van der Waals surface area (Å²) in [5.74, 6) is 0.274. The molecular formula is C18H24N2O6S. The normalized spacial score (nSPS) is 11.1. The lowest BCUT2D eigenvalue weighted by Crippen LogP contribution is -2.18. The van der Waals surface area contributed by atoms with Gasteiger partial charge in [0.05, 0.1) is 36.6 Å². The molecule has 0 aliphatic heterocycles. The van der Waals surface area contributed by atoms with Crippen molar-refractivity contribution in [2.45, 2.75) is 27.2 Å². The van der Waals surface area contributed by atoms with Crippen molar-refractivity contribution in [3.63, 3.8) is 0 Å². The highest BCUT2D eigenvalue weighted by molar-refractivity contribution is 7.92. The van der Waals surface area contributed by atoms with Crippen LogP contribution in [0.4, 0.5) is 11.4 Å². The van der Waals surface area contributed by atoms with Gasteiger partial charge in [0.2, 0.25) is 10.0 Å². The lowest BCUT2D eigenvalue weighted by Gasteiger charge is -2.18. The second-order valence-electron chi connectivity index (χ2n) is 5.56. The fourth-order valence-corrected chi connectivity index (χ4v) is 3.50. The summed E-state index contributed by atoms with van der Waals surface area (Å²) in [4.78, 5) is 12.3. The standard InChI is InChI=1S/C18H24N2O6S/c1-4-10-27(22,23)20-14-12-16(24-5-2)13(11-17(14)25-6-3)19-18(21)15-8-7-9-26-15/h7-9,11-12,20H,4-6,10H2,1-3H3,(H,19,21). The summed E-state index contributed by atoms with van der Waals surface area (Å²) in [6, 6.07) is 6.17. The van der Waals surface area contributed by atoms with Gasteiger partial charge in [0.25, 0.3) is 5.91 Å². The van der Waals surface area contributed by atoms with Crippen LogP contribution in [-0.4, -0.2) is 33.3 Å². The molecule has 0 saturated carbocycles. The summed E-state index contributed by atoms with van der Waals surface area (Å²) >= 11 is 0. The van der Waals surface area contributed by atoms with Gasteiger partial charge in [-0.2, -0.15) is 0 Å². The average molecular weight is 396 g/mol. The maximum atomic E-state index is 12.3. The summed E-state index contributed by atoms with van der Waals surface area (Å²) in [5, 5.41) is 2.70. The van der Waals surface area contributed by atoms with E-state index < -0.39 is 15.9 Å². The number of rotatable bonds is 10. The van der Waals surface area contributed by atoms with Crippen LogP contribution in [-0.2, 0) is 10.0 Å². The number of sulfonamides is 1. The van der Waals surface area contributed by atoms with Crippen molar-refractivity contribution in [1.82, 2.24) is 0 Å². The van der Waals surface area contributed by atoms with Crippen molar-refractivity contribution in [2.75, 3.05) is 29.0 Å². The molecule has 9 heteroatoms. The predicted octanol–water partition coefficient (Wildman–Crippen LogP) is 3.48. The first-order valence-electron chi connectivity index (χ1n) is 8.69. The third-order valence-electron chi connectivity index (χ3n) is 3.41. The highest BCUT2D eigenvalue weighted by Crippen LogP contribution is 2.37. The fourth-order valence-electron chi connectivity index (χ4n) is 2.37. The molecule has 0 spiro atoms. The van der Waals surface area contributed by atoms with Gasteiger partial charge in [0.15, 0.2) is 5.76 Å². The minimum atomic E-state index is -3.52. The van der Waals surface area contributed by atoms with Crippen molar-refractivity contribution in [3.8, 4) is 11.5 Å². The average Bonchev–Trinajstić information content (AvgIpc) is 3.13. The Kier molecular flexibility index (Phi) is 7.12. The molecule has 148 valence electrons. The van der Waals surface area contributed by atoms with Gasteiger partial charge in [-0.05, 0) is 32.4 Å². The van der Waals surface area contributed by atoms with E-state index in [4.69, 9.17) is 13.9 Å². The van der Waals surface area contributed by atoms with Crippen molar-refractivity contribution in [1.29, 1.82) is 0 Å². The van der Waals surface area contributed by atoms with Crippen molar-refractivity contribution < 1.29 is 27.1 Å². The van der Waals surface area contributed by atoms with Crippen LogP contribution < -0.4 is 19.5 Å². The molecule has 2 N–H and O–H groups in total. The highest BCUT2D eigenvalue weighted by atomic mass is 32.2. The third kappa shape index (κ3) is 5.65. The smallest absolute Gasteiger partial charge is 0.291 e. The van der Waals surface area contributed by atoms with Crippen LogP contribution >= 0.6 is 0 Å². The van der Waals surface area contributed by atoms with Crippen molar-refractivity contribution in [3.05, 3.63) is 36.3 Å². The molecule has 0 unspecified atom stereocenters. The Hall–Kier alpha value is -2.68. The topological polar surface area (TPSA) is 107 Å². The zero-order valence-electron chi connectivity index (χ0n) is 15.6. The van der Waals surface area contributed by atoms with Crippen LogP contribution in [0.3, 0.4) is 0 Å². The number of nitrogens with one attached hydrogen (secondary N) is 2. The van der Waals surface area contributed by atoms with Crippen LogP contribution in [0, 0.1) is 0 Å². The maximum Gasteiger partial charge on any atom is 0.291 e. The van der Waals surface area contributed by atoms with Gasteiger partial charge in [0, 0.05) is 12.1 Å². The van der Waals surface area contributed by atoms with E-state index in [1.54, 1.807) is 26.8 Å². The second kappa shape index (κ2) is 9.31. The lowest BCUT2D eigenvalue weighted by molar-refractivity contribution is 0.0996. The summed E-state index contributed by atoms with van der Waals surface area (Å²) < 4.78 is 43.0. The molecule has 0 radical (unpaired) electrons. The number of amides is 1. The highest BCUT2D eigenvalue weighted by Gasteiger charge is 2.19. The molecule has 1 aromatic carbocycles. The zero-order valence-corrected chi connectivity index (χ0v) is 16.4. The number of ether oxygens (including phenoxy) is 2. The second-order valence-corrected chi connectivity index (χ2v) is 7.40. The minimum Gasteiger partial charge on any atom is -0.492 e. The van der Waals surface area contributed by atoms with E-state index in [1.807, 2.05) is 0 Å². The monoisotopic (exact) mass is 396 g/mol. The number of anilines is 2. The van der Waals surface area contributed by atoms with E-state index in [-0.39, 0.29) is 22.9 Å². The molecule has 0 saturated heterocycles. The number of furan rings is 1. The molecule has 0 atom stereocenters. The molecule has 2 rings (SSSR count). The number of carbonyl (C=O) groups is 1. The van der Waals surface area contributed by atoms with E-state index >= 15 is 0 Å².